The summed E-state index contributed by atoms with van der Waals surface area (Å²) < 4.78 is 6.31. The second-order valence-electron chi connectivity index (χ2n) is 12.6. The van der Waals surface area contributed by atoms with Gasteiger partial charge in [0, 0.05) is 34.0 Å². The molecular weight excluding hydrogens is 571 g/mol. The topological polar surface area (TPSA) is 25.2 Å². The van der Waals surface area contributed by atoms with Crippen LogP contribution in [-0.4, -0.2) is 0 Å². The van der Waals surface area contributed by atoms with E-state index in [9.17, 15) is 0 Å². The maximum absolute atomic E-state index is 6.31. The van der Waals surface area contributed by atoms with Gasteiger partial charge in [0.25, 0.3) is 0 Å². The van der Waals surface area contributed by atoms with Crippen molar-refractivity contribution in [3.05, 3.63) is 168 Å². The molecular formula is C45H33NO. The SMILES string of the molecule is Cc1ccccc1-c1cc2c(c(Nc3ccccc3-c3cccc4oc5ccccc5c34)c1-c1ccccc1C)Cc1ccccc1-2. The molecule has 1 aliphatic rings. The number of nitrogens with one attached hydrogen (secondary N) is 1. The lowest BCUT2D eigenvalue weighted by atomic mass is 9.85. The van der Waals surface area contributed by atoms with Crippen LogP contribution in [0.2, 0.25) is 0 Å². The second-order valence-corrected chi connectivity index (χ2v) is 12.6. The van der Waals surface area contributed by atoms with E-state index in [0.29, 0.717) is 0 Å². The lowest BCUT2D eigenvalue weighted by Gasteiger charge is -2.24. The van der Waals surface area contributed by atoms with Gasteiger partial charge in [-0.2, -0.15) is 0 Å². The van der Waals surface area contributed by atoms with Crippen LogP contribution in [0.15, 0.2) is 150 Å². The van der Waals surface area contributed by atoms with Gasteiger partial charge in [0.2, 0.25) is 0 Å². The van der Waals surface area contributed by atoms with Crippen LogP contribution in [0.4, 0.5) is 11.4 Å². The molecule has 0 saturated carbocycles. The molecule has 1 N–H and O–H groups in total. The number of rotatable bonds is 5. The minimum atomic E-state index is 0.880. The van der Waals surface area contributed by atoms with E-state index in [4.69, 9.17) is 4.42 Å². The average Bonchev–Trinajstić information content (AvgIpc) is 3.68. The number of para-hydroxylation sites is 2. The Morgan fingerprint density at radius 1 is 0.489 bits per heavy atom. The van der Waals surface area contributed by atoms with Gasteiger partial charge in [0.15, 0.2) is 0 Å². The van der Waals surface area contributed by atoms with E-state index in [2.05, 4.69) is 159 Å². The number of benzene rings is 7. The molecule has 1 aromatic heterocycles. The summed E-state index contributed by atoms with van der Waals surface area (Å²) in [6.45, 7) is 4.44. The Morgan fingerprint density at radius 2 is 1.11 bits per heavy atom. The Labute approximate surface area is 275 Å². The van der Waals surface area contributed by atoms with Gasteiger partial charge >= 0.3 is 0 Å². The highest BCUT2D eigenvalue weighted by atomic mass is 16.3. The Bertz CT molecular complexity index is 2500. The molecule has 0 spiro atoms. The number of furan rings is 1. The number of fused-ring (bicyclic) bond motifs is 6. The molecule has 0 amide bonds. The summed E-state index contributed by atoms with van der Waals surface area (Å²) in [4.78, 5) is 0. The van der Waals surface area contributed by atoms with Gasteiger partial charge < -0.3 is 9.73 Å². The van der Waals surface area contributed by atoms with E-state index < -0.39 is 0 Å². The van der Waals surface area contributed by atoms with E-state index in [1.807, 2.05) is 6.07 Å². The molecule has 2 heteroatoms. The second kappa shape index (κ2) is 10.9. The van der Waals surface area contributed by atoms with Gasteiger partial charge in [0.1, 0.15) is 11.2 Å². The summed E-state index contributed by atoms with van der Waals surface area (Å²) in [5.41, 5.74) is 19.2. The zero-order valence-electron chi connectivity index (χ0n) is 26.5. The van der Waals surface area contributed by atoms with E-state index in [-0.39, 0.29) is 0 Å². The smallest absolute Gasteiger partial charge is 0.136 e. The van der Waals surface area contributed by atoms with E-state index in [0.717, 1.165) is 45.2 Å². The molecule has 0 fully saturated rings. The van der Waals surface area contributed by atoms with Crippen LogP contribution in [0.1, 0.15) is 22.3 Å². The fourth-order valence-corrected chi connectivity index (χ4v) is 7.59. The monoisotopic (exact) mass is 603 g/mol. The summed E-state index contributed by atoms with van der Waals surface area (Å²) >= 11 is 0. The third-order valence-electron chi connectivity index (χ3n) is 9.84. The Balaban J connectivity index is 1.34. The molecule has 0 radical (unpaired) electrons. The van der Waals surface area contributed by atoms with Crippen LogP contribution in [0.25, 0.3) is 66.4 Å². The lowest BCUT2D eigenvalue weighted by molar-refractivity contribution is 0.669. The van der Waals surface area contributed by atoms with Crippen molar-refractivity contribution >= 4 is 33.3 Å². The molecule has 0 saturated heterocycles. The fourth-order valence-electron chi connectivity index (χ4n) is 7.59. The van der Waals surface area contributed by atoms with Crippen LogP contribution in [0, 0.1) is 13.8 Å². The maximum atomic E-state index is 6.31. The highest BCUT2D eigenvalue weighted by Crippen LogP contribution is 2.51. The van der Waals surface area contributed by atoms with Crippen LogP contribution >= 0.6 is 0 Å². The molecule has 224 valence electrons. The summed E-state index contributed by atoms with van der Waals surface area (Å²) in [5, 5.41) is 6.38. The zero-order valence-corrected chi connectivity index (χ0v) is 26.5. The molecule has 47 heavy (non-hydrogen) atoms. The van der Waals surface area contributed by atoms with E-state index in [1.165, 1.54) is 61.3 Å². The van der Waals surface area contributed by atoms with Crippen molar-refractivity contribution < 1.29 is 4.42 Å². The minimum absolute atomic E-state index is 0.880. The van der Waals surface area contributed by atoms with Crippen LogP contribution < -0.4 is 5.32 Å². The molecule has 2 nitrogen and oxygen atoms in total. The van der Waals surface area contributed by atoms with Crippen LogP contribution in [0.3, 0.4) is 0 Å². The molecule has 1 aliphatic carbocycles. The lowest BCUT2D eigenvalue weighted by Crippen LogP contribution is -2.03. The Hall–Kier alpha value is -5.86. The number of hydrogen-bond donors (Lipinski definition) is 1. The van der Waals surface area contributed by atoms with Gasteiger partial charge in [-0.1, -0.05) is 121 Å². The Morgan fingerprint density at radius 3 is 1.91 bits per heavy atom. The van der Waals surface area contributed by atoms with Gasteiger partial charge in [-0.05, 0) is 93.7 Å². The average molecular weight is 604 g/mol. The zero-order chi connectivity index (χ0) is 31.5. The number of anilines is 2. The standard InChI is InChI=1S/C45H33NO/c1-28-14-3-6-17-31(28)38-27-37-33-19-8-5-16-30(33)26-39(37)45(44(38)32-18-7-4-15-29(32)2)46-40-23-11-9-20-34(40)35-22-13-25-42-43(35)36-21-10-12-24-41(36)47-42/h3-25,27,46H,26H2,1-2H3. The summed E-state index contributed by atoms with van der Waals surface area (Å²) in [5.74, 6) is 0. The Kier molecular flexibility index (Phi) is 6.36. The fraction of sp³-hybridized carbons (Fsp3) is 0.0667. The van der Waals surface area contributed by atoms with Gasteiger partial charge in [-0.25, -0.2) is 0 Å². The summed E-state index contributed by atoms with van der Waals surface area (Å²) in [6, 6.07) is 52.3. The van der Waals surface area contributed by atoms with Crippen molar-refractivity contribution in [2.45, 2.75) is 20.3 Å². The largest absolute Gasteiger partial charge is 0.456 e. The third kappa shape index (κ3) is 4.40. The maximum Gasteiger partial charge on any atom is 0.136 e. The predicted octanol–water partition coefficient (Wildman–Crippen LogP) is 12.5. The number of hydrogen-bond acceptors (Lipinski definition) is 2. The first-order chi connectivity index (χ1) is 23.2. The first kappa shape index (κ1) is 27.5. The van der Waals surface area contributed by atoms with Crippen LogP contribution in [0.5, 0.6) is 0 Å². The minimum Gasteiger partial charge on any atom is -0.456 e. The first-order valence-electron chi connectivity index (χ1n) is 16.3. The van der Waals surface area contributed by atoms with Crippen molar-refractivity contribution in [3.8, 4) is 44.5 Å². The normalized spacial score (nSPS) is 12.0. The van der Waals surface area contributed by atoms with Crippen molar-refractivity contribution in [2.24, 2.45) is 0 Å². The van der Waals surface area contributed by atoms with Crippen molar-refractivity contribution in [2.75, 3.05) is 5.32 Å². The summed E-state index contributed by atoms with van der Waals surface area (Å²) in [7, 11) is 0. The van der Waals surface area contributed by atoms with Crippen molar-refractivity contribution in [1.82, 2.24) is 0 Å². The molecule has 7 aromatic carbocycles. The molecule has 0 unspecified atom stereocenters. The van der Waals surface area contributed by atoms with Gasteiger partial charge in [-0.15, -0.1) is 0 Å². The molecule has 1 heterocycles. The molecule has 9 rings (SSSR count). The highest BCUT2D eigenvalue weighted by molar-refractivity contribution is 6.14. The molecule has 0 bridgehead atoms. The van der Waals surface area contributed by atoms with Crippen LogP contribution in [-0.2, 0) is 6.42 Å². The van der Waals surface area contributed by atoms with Gasteiger partial charge in [0.05, 0.1) is 5.69 Å². The molecule has 8 aromatic rings. The summed E-state index contributed by atoms with van der Waals surface area (Å²) in [6.07, 6.45) is 0.880. The molecule has 0 atom stereocenters. The molecule has 0 aliphatic heterocycles. The first-order valence-corrected chi connectivity index (χ1v) is 16.3. The van der Waals surface area contributed by atoms with E-state index in [1.54, 1.807) is 0 Å². The predicted molar refractivity (Wildman–Crippen MR) is 197 cm³/mol. The van der Waals surface area contributed by atoms with Gasteiger partial charge in [-0.3, -0.25) is 0 Å². The van der Waals surface area contributed by atoms with Crippen molar-refractivity contribution in [3.63, 3.8) is 0 Å². The number of aryl methyl sites for hydroxylation is 2. The highest BCUT2D eigenvalue weighted by Gasteiger charge is 2.28. The quantitative estimate of drug-likeness (QED) is 0.212. The van der Waals surface area contributed by atoms with E-state index >= 15 is 0 Å². The van der Waals surface area contributed by atoms with Crippen molar-refractivity contribution in [1.29, 1.82) is 0 Å². The third-order valence-corrected chi connectivity index (χ3v) is 9.84.